The molecule has 1 aromatic heterocycles. The second kappa shape index (κ2) is 7.06. The van der Waals surface area contributed by atoms with E-state index in [0.29, 0.717) is 5.91 Å². The number of nitrogens with one attached hydrogen (secondary N) is 1. The van der Waals surface area contributed by atoms with E-state index in [1.807, 2.05) is 4.90 Å². The van der Waals surface area contributed by atoms with Gasteiger partial charge in [-0.25, -0.2) is 0 Å². The Labute approximate surface area is 120 Å². The lowest BCUT2D eigenvalue weighted by Gasteiger charge is -2.32. The van der Waals surface area contributed by atoms with Gasteiger partial charge in [0.15, 0.2) is 0 Å². The maximum atomic E-state index is 12.4. The van der Waals surface area contributed by atoms with Crippen molar-refractivity contribution in [1.29, 1.82) is 0 Å². The van der Waals surface area contributed by atoms with Gasteiger partial charge in [-0.15, -0.1) is 0 Å². The number of thiophene rings is 1. The second-order valence-corrected chi connectivity index (χ2v) is 6.14. The van der Waals surface area contributed by atoms with Crippen LogP contribution in [0.15, 0.2) is 16.8 Å². The lowest BCUT2D eigenvalue weighted by atomic mass is 9.96. The van der Waals surface area contributed by atoms with E-state index in [1.54, 1.807) is 16.2 Å². The molecule has 1 aromatic rings. The van der Waals surface area contributed by atoms with Crippen molar-refractivity contribution >= 4 is 17.2 Å². The Bertz CT molecular complexity index is 387. The van der Waals surface area contributed by atoms with Crippen LogP contribution in [-0.2, 0) is 11.3 Å². The van der Waals surface area contributed by atoms with E-state index in [-0.39, 0.29) is 5.92 Å². The number of likely N-dealkylation sites (tertiary alicyclic amines) is 1. The fourth-order valence-electron chi connectivity index (χ4n) is 3.00. The van der Waals surface area contributed by atoms with E-state index in [4.69, 9.17) is 0 Å². The minimum absolute atomic E-state index is 0.238. The maximum Gasteiger partial charge on any atom is 0.231 e. The van der Waals surface area contributed by atoms with Crippen molar-refractivity contribution < 1.29 is 9.69 Å². The van der Waals surface area contributed by atoms with Crippen molar-refractivity contribution in [3.05, 3.63) is 22.4 Å². The van der Waals surface area contributed by atoms with Gasteiger partial charge in [-0.2, -0.15) is 11.3 Å². The molecule has 2 rings (SSSR count). The first kappa shape index (κ1) is 14.5. The van der Waals surface area contributed by atoms with E-state index in [9.17, 15) is 4.79 Å². The minimum Gasteiger partial charge on any atom is -0.343 e. The third-order valence-corrected chi connectivity index (χ3v) is 4.81. The first-order valence-corrected chi connectivity index (χ1v) is 8.32. The van der Waals surface area contributed by atoms with E-state index in [0.717, 1.165) is 32.6 Å². The van der Waals surface area contributed by atoms with Crippen LogP contribution in [0.1, 0.15) is 32.3 Å². The van der Waals surface area contributed by atoms with Crippen molar-refractivity contribution in [2.45, 2.75) is 33.2 Å². The summed E-state index contributed by atoms with van der Waals surface area (Å²) in [7, 11) is 0. The zero-order valence-corrected chi connectivity index (χ0v) is 12.8. The quantitative estimate of drug-likeness (QED) is 0.867. The van der Waals surface area contributed by atoms with Crippen molar-refractivity contribution in [2.75, 3.05) is 26.2 Å². The number of carbonyl (C=O) groups excluding carboxylic acids is 1. The molecule has 2 heterocycles. The molecule has 1 amide bonds. The first-order valence-electron chi connectivity index (χ1n) is 7.38. The third-order valence-electron chi connectivity index (χ3n) is 4.08. The molecule has 19 heavy (non-hydrogen) atoms. The molecule has 1 saturated heterocycles. The van der Waals surface area contributed by atoms with Crippen LogP contribution in [0.3, 0.4) is 0 Å². The first-order chi connectivity index (χ1) is 9.24. The lowest BCUT2D eigenvalue weighted by Crippen LogP contribution is -3.12. The lowest BCUT2D eigenvalue weighted by molar-refractivity contribution is -0.921. The highest BCUT2D eigenvalue weighted by molar-refractivity contribution is 7.07. The van der Waals surface area contributed by atoms with Gasteiger partial charge in [0.05, 0.1) is 19.0 Å². The zero-order chi connectivity index (χ0) is 13.7. The summed E-state index contributed by atoms with van der Waals surface area (Å²) < 4.78 is 0. The molecule has 1 unspecified atom stereocenters. The number of nitrogens with zero attached hydrogens (tertiary/aromatic N) is 1. The standard InChI is InChI=1S/C15H24N2OS/c1-3-17(4-2)15(18)14-6-5-8-16(11-14)10-13-7-9-19-12-13/h7,9,12,14H,3-6,8,10-11H2,1-2H3/p+1/t14-/m1/s1. The van der Waals surface area contributed by atoms with Crippen LogP contribution in [0, 0.1) is 5.92 Å². The van der Waals surface area contributed by atoms with Crippen LogP contribution in [0.2, 0.25) is 0 Å². The molecule has 0 saturated carbocycles. The summed E-state index contributed by atoms with van der Waals surface area (Å²) in [4.78, 5) is 16.0. The average molecular weight is 281 g/mol. The van der Waals surface area contributed by atoms with Crippen LogP contribution in [-0.4, -0.2) is 37.0 Å². The molecule has 2 atom stereocenters. The summed E-state index contributed by atoms with van der Waals surface area (Å²) >= 11 is 1.76. The summed E-state index contributed by atoms with van der Waals surface area (Å²) in [5.41, 5.74) is 1.41. The molecule has 1 N–H and O–H groups in total. The predicted octanol–water partition coefficient (Wildman–Crippen LogP) is 1.41. The maximum absolute atomic E-state index is 12.4. The van der Waals surface area contributed by atoms with Crippen molar-refractivity contribution in [3.8, 4) is 0 Å². The van der Waals surface area contributed by atoms with Gasteiger partial charge >= 0.3 is 0 Å². The smallest absolute Gasteiger partial charge is 0.231 e. The number of amides is 1. The second-order valence-electron chi connectivity index (χ2n) is 5.36. The average Bonchev–Trinajstić information content (AvgIpc) is 2.93. The highest BCUT2D eigenvalue weighted by Gasteiger charge is 2.30. The molecular formula is C15H25N2OS+. The monoisotopic (exact) mass is 281 g/mol. The molecule has 0 aliphatic carbocycles. The number of hydrogen-bond donors (Lipinski definition) is 1. The summed E-state index contributed by atoms with van der Waals surface area (Å²) in [6, 6.07) is 2.20. The molecule has 0 spiro atoms. The fourth-order valence-corrected chi connectivity index (χ4v) is 3.67. The van der Waals surface area contributed by atoms with Gasteiger partial charge in [-0.3, -0.25) is 4.79 Å². The van der Waals surface area contributed by atoms with Gasteiger partial charge in [0.2, 0.25) is 5.91 Å². The van der Waals surface area contributed by atoms with Crippen LogP contribution in [0.25, 0.3) is 0 Å². The van der Waals surface area contributed by atoms with E-state index < -0.39 is 0 Å². The molecule has 0 aromatic carbocycles. The van der Waals surface area contributed by atoms with E-state index in [1.165, 1.54) is 18.5 Å². The van der Waals surface area contributed by atoms with Gasteiger partial charge in [0.25, 0.3) is 0 Å². The van der Waals surface area contributed by atoms with Crippen LogP contribution >= 0.6 is 11.3 Å². The highest BCUT2D eigenvalue weighted by Crippen LogP contribution is 2.12. The van der Waals surface area contributed by atoms with Gasteiger partial charge in [0.1, 0.15) is 6.54 Å². The summed E-state index contributed by atoms with van der Waals surface area (Å²) in [6.07, 6.45) is 2.25. The molecule has 1 aliphatic heterocycles. The van der Waals surface area contributed by atoms with Gasteiger partial charge in [-0.1, -0.05) is 0 Å². The Morgan fingerprint density at radius 1 is 1.47 bits per heavy atom. The van der Waals surface area contributed by atoms with Gasteiger partial charge < -0.3 is 9.80 Å². The highest BCUT2D eigenvalue weighted by atomic mass is 32.1. The molecule has 0 bridgehead atoms. The molecule has 106 valence electrons. The number of piperidine rings is 1. The van der Waals surface area contributed by atoms with Crippen molar-refractivity contribution in [3.63, 3.8) is 0 Å². The van der Waals surface area contributed by atoms with Gasteiger partial charge in [-0.05, 0) is 43.5 Å². The zero-order valence-electron chi connectivity index (χ0n) is 12.0. The number of carbonyl (C=O) groups is 1. The number of rotatable bonds is 5. The summed E-state index contributed by atoms with van der Waals surface area (Å²) in [5, 5.41) is 4.36. The van der Waals surface area contributed by atoms with Gasteiger partial charge in [0, 0.05) is 18.7 Å². The Kier molecular flexibility index (Phi) is 5.40. The summed E-state index contributed by atoms with van der Waals surface area (Å²) in [6.45, 7) is 9.10. The molecular weight excluding hydrogens is 256 g/mol. The minimum atomic E-state index is 0.238. The molecule has 4 heteroatoms. The normalized spacial score (nSPS) is 23.3. The van der Waals surface area contributed by atoms with E-state index >= 15 is 0 Å². The molecule has 0 radical (unpaired) electrons. The van der Waals surface area contributed by atoms with Crippen LogP contribution in [0.4, 0.5) is 0 Å². The van der Waals surface area contributed by atoms with Crippen LogP contribution in [0.5, 0.6) is 0 Å². The van der Waals surface area contributed by atoms with Crippen molar-refractivity contribution in [1.82, 2.24) is 4.90 Å². The Morgan fingerprint density at radius 2 is 2.26 bits per heavy atom. The molecule has 1 fully saturated rings. The van der Waals surface area contributed by atoms with E-state index in [2.05, 4.69) is 30.7 Å². The number of quaternary nitrogens is 1. The van der Waals surface area contributed by atoms with Crippen molar-refractivity contribution in [2.24, 2.45) is 5.92 Å². The Hall–Kier alpha value is -0.870. The molecule has 3 nitrogen and oxygen atoms in total. The van der Waals surface area contributed by atoms with Crippen LogP contribution < -0.4 is 4.90 Å². The topological polar surface area (TPSA) is 24.8 Å². The largest absolute Gasteiger partial charge is 0.343 e. The molecule has 1 aliphatic rings. The predicted molar refractivity (Wildman–Crippen MR) is 79.4 cm³/mol. The summed E-state index contributed by atoms with van der Waals surface area (Å²) in [5.74, 6) is 0.606. The number of hydrogen-bond acceptors (Lipinski definition) is 2. The third kappa shape index (κ3) is 3.80. The fraction of sp³-hybridized carbons (Fsp3) is 0.667. The Balaban J connectivity index is 1.91. The SMILES string of the molecule is CCN(CC)C(=O)[C@@H]1CCC[NH+](Cc2ccsc2)C1. The Morgan fingerprint density at radius 3 is 2.89 bits per heavy atom.